The smallest absolute Gasteiger partial charge is 0.227 e. The summed E-state index contributed by atoms with van der Waals surface area (Å²) in [6.07, 6.45) is 4.89. The minimum atomic E-state index is 0.547. The number of aromatic nitrogens is 3. The summed E-state index contributed by atoms with van der Waals surface area (Å²) in [5.74, 6) is 1.80. The lowest BCUT2D eigenvalue weighted by molar-refractivity contribution is 0.568. The number of pyridine rings is 1. The van der Waals surface area contributed by atoms with Crippen molar-refractivity contribution in [3.8, 4) is 44.8 Å². The zero-order valence-electron chi connectivity index (χ0n) is 14.1. The van der Waals surface area contributed by atoms with Crippen molar-refractivity contribution >= 4 is 11.3 Å². The van der Waals surface area contributed by atoms with Crippen molar-refractivity contribution in [2.45, 2.75) is 0 Å². The number of hydrogen-bond donors (Lipinski definition) is 0. The average molecular weight is 371 g/mol. The molecule has 0 aliphatic heterocycles. The molecule has 5 aromatic rings. The molecule has 27 heavy (non-hydrogen) atoms. The van der Waals surface area contributed by atoms with Gasteiger partial charge in [0, 0.05) is 23.5 Å². The third kappa shape index (κ3) is 2.86. The Balaban J connectivity index is 1.71. The quantitative estimate of drug-likeness (QED) is 0.400. The maximum atomic E-state index is 6.16. The lowest BCUT2D eigenvalue weighted by Crippen LogP contribution is -1.85. The van der Waals surface area contributed by atoms with Gasteiger partial charge in [0.05, 0.1) is 4.88 Å². The van der Waals surface area contributed by atoms with Crippen LogP contribution in [-0.2, 0) is 0 Å². The van der Waals surface area contributed by atoms with Gasteiger partial charge in [-0.25, -0.2) is 9.97 Å². The molecule has 0 atom stereocenters. The largest absolute Gasteiger partial charge is 0.441 e. The number of rotatable bonds is 4. The van der Waals surface area contributed by atoms with E-state index in [1.165, 1.54) is 6.39 Å². The summed E-state index contributed by atoms with van der Waals surface area (Å²) in [7, 11) is 0. The highest BCUT2D eigenvalue weighted by molar-refractivity contribution is 7.13. The summed E-state index contributed by atoms with van der Waals surface area (Å²) in [6.45, 7) is 0. The Hall–Kier alpha value is -3.51. The number of hydrogen-bond acceptors (Lipinski definition) is 6. The fraction of sp³-hybridized carbons (Fsp3) is 0. The summed E-state index contributed by atoms with van der Waals surface area (Å²) in [6, 6.07) is 17.6. The highest BCUT2D eigenvalue weighted by Crippen LogP contribution is 2.41. The number of nitrogens with zero attached hydrogens (tertiary/aromatic N) is 3. The molecule has 5 nitrogen and oxygen atoms in total. The molecule has 4 heterocycles. The SMILES string of the molecule is c1ccc(-c2nc(-c3ocnc3-c3ccncc3)c(-c3cccs3)o2)cc1. The molecule has 0 bridgehead atoms. The molecular formula is C21H13N3O2S. The van der Waals surface area contributed by atoms with Gasteiger partial charge in [-0.05, 0) is 35.7 Å². The molecule has 0 unspecified atom stereocenters. The van der Waals surface area contributed by atoms with Crippen LogP contribution in [-0.4, -0.2) is 15.0 Å². The molecule has 0 aliphatic carbocycles. The predicted octanol–water partition coefficient (Wildman–Crippen LogP) is 5.79. The summed E-state index contributed by atoms with van der Waals surface area (Å²) in [5.41, 5.74) is 3.17. The number of oxazole rings is 2. The lowest BCUT2D eigenvalue weighted by atomic mass is 10.1. The van der Waals surface area contributed by atoms with Gasteiger partial charge in [-0.15, -0.1) is 11.3 Å². The van der Waals surface area contributed by atoms with E-state index in [2.05, 4.69) is 9.97 Å². The Kier molecular flexibility index (Phi) is 3.88. The average Bonchev–Trinajstić information content (AvgIpc) is 3.48. The van der Waals surface area contributed by atoms with E-state index in [9.17, 15) is 0 Å². The molecule has 0 spiro atoms. The first-order chi connectivity index (χ1) is 13.4. The van der Waals surface area contributed by atoms with Crippen LogP contribution in [0, 0.1) is 0 Å². The Morgan fingerprint density at radius 3 is 2.41 bits per heavy atom. The van der Waals surface area contributed by atoms with E-state index in [-0.39, 0.29) is 0 Å². The molecule has 0 N–H and O–H groups in total. The predicted molar refractivity (Wildman–Crippen MR) is 104 cm³/mol. The molecule has 4 aromatic heterocycles. The maximum Gasteiger partial charge on any atom is 0.227 e. The third-order valence-electron chi connectivity index (χ3n) is 4.13. The summed E-state index contributed by atoms with van der Waals surface area (Å²) in [4.78, 5) is 14.2. The van der Waals surface area contributed by atoms with Gasteiger partial charge < -0.3 is 8.83 Å². The zero-order chi connectivity index (χ0) is 18.1. The van der Waals surface area contributed by atoms with E-state index in [4.69, 9.17) is 13.8 Å². The first-order valence-electron chi connectivity index (χ1n) is 8.34. The normalized spacial score (nSPS) is 11.0. The van der Waals surface area contributed by atoms with Crippen molar-refractivity contribution < 1.29 is 8.83 Å². The molecule has 0 amide bonds. The number of benzene rings is 1. The fourth-order valence-corrected chi connectivity index (χ4v) is 3.59. The Bertz CT molecular complexity index is 1160. The molecule has 0 aliphatic rings. The Morgan fingerprint density at radius 1 is 0.778 bits per heavy atom. The minimum Gasteiger partial charge on any atom is -0.441 e. The van der Waals surface area contributed by atoms with Crippen molar-refractivity contribution in [2.75, 3.05) is 0 Å². The molecule has 6 heteroatoms. The molecule has 0 saturated heterocycles. The second kappa shape index (κ2) is 6.66. The first kappa shape index (κ1) is 15.7. The summed E-state index contributed by atoms with van der Waals surface area (Å²) < 4.78 is 11.9. The van der Waals surface area contributed by atoms with Gasteiger partial charge >= 0.3 is 0 Å². The fourth-order valence-electron chi connectivity index (χ4n) is 2.88. The highest BCUT2D eigenvalue weighted by atomic mass is 32.1. The van der Waals surface area contributed by atoms with E-state index >= 15 is 0 Å². The summed E-state index contributed by atoms with van der Waals surface area (Å²) in [5, 5.41) is 2.01. The molecule has 0 radical (unpaired) electrons. The van der Waals surface area contributed by atoms with Crippen molar-refractivity contribution in [3.63, 3.8) is 0 Å². The van der Waals surface area contributed by atoms with E-state index in [1.54, 1.807) is 23.7 Å². The molecule has 0 fully saturated rings. The molecule has 0 saturated carbocycles. The molecule has 130 valence electrons. The van der Waals surface area contributed by atoms with Crippen LogP contribution in [0.4, 0.5) is 0 Å². The van der Waals surface area contributed by atoms with Crippen LogP contribution < -0.4 is 0 Å². The van der Waals surface area contributed by atoms with Crippen molar-refractivity contribution in [1.82, 2.24) is 15.0 Å². The van der Waals surface area contributed by atoms with Crippen LogP contribution in [0.3, 0.4) is 0 Å². The number of thiophene rings is 1. The maximum absolute atomic E-state index is 6.16. The van der Waals surface area contributed by atoms with Crippen molar-refractivity contribution in [2.24, 2.45) is 0 Å². The monoisotopic (exact) mass is 371 g/mol. The standard InChI is InChI=1S/C21H13N3O2S/c1-2-5-15(6-3-1)21-24-18(19(26-21)16-7-4-12-27-16)20-17(23-13-25-20)14-8-10-22-11-9-14/h1-13H. The van der Waals surface area contributed by atoms with Crippen molar-refractivity contribution in [1.29, 1.82) is 0 Å². The summed E-state index contributed by atoms with van der Waals surface area (Å²) >= 11 is 1.59. The Morgan fingerprint density at radius 2 is 1.63 bits per heavy atom. The first-order valence-corrected chi connectivity index (χ1v) is 9.22. The van der Waals surface area contributed by atoms with E-state index in [0.717, 1.165) is 16.0 Å². The Labute approximate surface area is 159 Å². The van der Waals surface area contributed by atoms with Crippen LogP contribution >= 0.6 is 11.3 Å². The van der Waals surface area contributed by atoms with Gasteiger partial charge in [-0.2, -0.15) is 0 Å². The second-order valence-electron chi connectivity index (χ2n) is 5.81. The zero-order valence-corrected chi connectivity index (χ0v) is 14.9. The van der Waals surface area contributed by atoms with Gasteiger partial charge in [0.25, 0.3) is 0 Å². The second-order valence-corrected chi connectivity index (χ2v) is 6.75. The van der Waals surface area contributed by atoms with Crippen LogP contribution in [0.15, 0.2) is 87.6 Å². The third-order valence-corrected chi connectivity index (χ3v) is 5.00. The van der Waals surface area contributed by atoms with Crippen LogP contribution in [0.1, 0.15) is 0 Å². The molecule has 5 rings (SSSR count). The van der Waals surface area contributed by atoms with Gasteiger partial charge in [0.2, 0.25) is 5.89 Å². The van der Waals surface area contributed by atoms with Gasteiger partial charge in [-0.3, -0.25) is 4.98 Å². The van der Waals surface area contributed by atoms with E-state index < -0.39 is 0 Å². The van der Waals surface area contributed by atoms with E-state index in [0.29, 0.717) is 28.8 Å². The van der Waals surface area contributed by atoms with E-state index in [1.807, 2.05) is 60.0 Å². The van der Waals surface area contributed by atoms with Crippen LogP contribution in [0.5, 0.6) is 0 Å². The van der Waals surface area contributed by atoms with Gasteiger partial charge in [0.15, 0.2) is 23.6 Å². The van der Waals surface area contributed by atoms with Crippen LogP contribution in [0.25, 0.3) is 44.8 Å². The lowest BCUT2D eigenvalue weighted by Gasteiger charge is -1.99. The highest BCUT2D eigenvalue weighted by Gasteiger charge is 2.24. The van der Waals surface area contributed by atoms with Crippen molar-refractivity contribution in [3.05, 3.63) is 78.8 Å². The van der Waals surface area contributed by atoms with Gasteiger partial charge in [0.1, 0.15) is 5.69 Å². The van der Waals surface area contributed by atoms with Crippen LogP contribution in [0.2, 0.25) is 0 Å². The molecule has 1 aromatic carbocycles. The molecular weight excluding hydrogens is 358 g/mol. The topological polar surface area (TPSA) is 65.0 Å². The minimum absolute atomic E-state index is 0.547. The van der Waals surface area contributed by atoms with Gasteiger partial charge in [-0.1, -0.05) is 24.3 Å².